The van der Waals surface area contributed by atoms with Crippen molar-refractivity contribution in [3.05, 3.63) is 170 Å². The minimum Gasteiger partial charge on any atom is -0.382 e. The number of nitrogens with zero attached hydrogens (tertiary/aromatic N) is 5. The van der Waals surface area contributed by atoms with Crippen LogP contribution in [0.1, 0.15) is 0 Å². The molecule has 240 valence electrons. The molecule has 0 fully saturated rings. The molecule has 4 aliphatic rings. The topological polar surface area (TPSA) is 22.4 Å². The normalized spacial score (nSPS) is 13.3. The lowest BCUT2D eigenvalue weighted by Gasteiger charge is -2.43. The summed E-state index contributed by atoms with van der Waals surface area (Å²) in [5.74, 6) is 0. The van der Waals surface area contributed by atoms with E-state index in [9.17, 15) is 0 Å². The van der Waals surface area contributed by atoms with Gasteiger partial charge in [0.05, 0.1) is 33.4 Å². The highest BCUT2D eigenvalue weighted by Crippen LogP contribution is 2.52. The van der Waals surface area contributed by atoms with E-state index in [-0.39, 0.29) is 6.85 Å². The Kier molecular flexibility index (Phi) is 4.88. The van der Waals surface area contributed by atoms with Crippen LogP contribution in [0.4, 0.5) is 17.1 Å². The molecule has 13 rings (SSSR count). The minimum atomic E-state index is -0.0220. The van der Waals surface area contributed by atoms with E-state index in [0.29, 0.717) is 0 Å². The van der Waals surface area contributed by atoms with Crippen molar-refractivity contribution in [3.63, 3.8) is 0 Å². The molecule has 0 unspecified atom stereocenters. The van der Waals surface area contributed by atoms with Crippen LogP contribution in [0, 0.1) is 0 Å². The molecule has 0 atom stereocenters. The molecule has 0 bridgehead atoms. The summed E-state index contributed by atoms with van der Waals surface area (Å²) in [5.41, 5.74) is 17.2. The summed E-state index contributed by atoms with van der Waals surface area (Å²) in [6.45, 7) is -0.0220. The van der Waals surface area contributed by atoms with Crippen LogP contribution >= 0.6 is 0 Å². The first kappa shape index (κ1) is 26.9. The Morgan fingerprint density at radius 3 is 2.02 bits per heavy atom. The number of para-hydroxylation sites is 7. The maximum Gasteiger partial charge on any atom is 0.332 e. The quantitative estimate of drug-likeness (QED) is 0.103. The van der Waals surface area contributed by atoms with Crippen LogP contribution in [0.3, 0.4) is 0 Å². The van der Waals surface area contributed by atoms with E-state index in [2.05, 4.69) is 193 Å². The highest BCUT2D eigenvalue weighted by atomic mass is 15.4. The van der Waals surface area contributed by atoms with Gasteiger partial charge in [-0.05, 0) is 77.1 Å². The number of rotatable bonds is 2. The standard InChI is InChI=1S/C46H28BN5/c1-3-15-31(16-4-1)50-36-22-8-7-21-35(36)47-41-39(33-19-11-13-29-25-27-48(47)42(29)33)45-46-40(44(41)50)34-20-12-14-30-26-28-49(43(30)34)52(46)38-24-10-9-23-37(38)51(45)32-17-5-2-6-18-32/h1-28H. The molecule has 0 saturated heterocycles. The fourth-order valence-corrected chi connectivity index (χ4v) is 9.84. The summed E-state index contributed by atoms with van der Waals surface area (Å²) in [7, 11) is 0. The summed E-state index contributed by atoms with van der Waals surface area (Å²) >= 11 is 0. The molecule has 0 aliphatic carbocycles. The van der Waals surface area contributed by atoms with E-state index in [4.69, 9.17) is 0 Å². The van der Waals surface area contributed by atoms with Crippen LogP contribution in [0.25, 0.3) is 71.6 Å². The monoisotopic (exact) mass is 661 g/mol. The molecule has 0 amide bonds. The van der Waals surface area contributed by atoms with Gasteiger partial charge in [0.1, 0.15) is 0 Å². The summed E-state index contributed by atoms with van der Waals surface area (Å²) in [6.07, 6.45) is 4.56. The van der Waals surface area contributed by atoms with Crippen LogP contribution in [0.15, 0.2) is 170 Å². The Balaban J connectivity index is 1.42. The zero-order chi connectivity index (χ0) is 33.7. The van der Waals surface area contributed by atoms with Gasteiger partial charge in [0.2, 0.25) is 0 Å². The van der Waals surface area contributed by atoms with Gasteiger partial charge < -0.3 is 13.9 Å². The van der Waals surface area contributed by atoms with Crippen molar-refractivity contribution < 1.29 is 0 Å². The molecule has 4 aliphatic heterocycles. The maximum atomic E-state index is 2.55. The Morgan fingerprint density at radius 2 is 1.17 bits per heavy atom. The third kappa shape index (κ3) is 3.09. The zero-order valence-corrected chi connectivity index (χ0v) is 28.0. The van der Waals surface area contributed by atoms with E-state index in [0.717, 1.165) is 22.4 Å². The smallest absolute Gasteiger partial charge is 0.332 e. The van der Waals surface area contributed by atoms with Gasteiger partial charge >= 0.3 is 6.85 Å². The number of fused-ring (bicyclic) bond motifs is 10. The van der Waals surface area contributed by atoms with E-state index in [1.54, 1.807) is 0 Å². The third-order valence-corrected chi connectivity index (χ3v) is 11.7. The second kappa shape index (κ2) is 9.44. The highest BCUT2D eigenvalue weighted by molar-refractivity contribution is 6.90. The summed E-state index contributed by atoms with van der Waals surface area (Å²) in [6, 6.07) is 58.1. The van der Waals surface area contributed by atoms with Crippen LogP contribution in [-0.2, 0) is 0 Å². The molecule has 0 saturated carbocycles. The van der Waals surface area contributed by atoms with Crippen molar-refractivity contribution in [1.82, 2.24) is 18.2 Å². The Hall–Kier alpha value is -6.92. The summed E-state index contributed by atoms with van der Waals surface area (Å²) in [4.78, 5) is 2.55. The molecule has 0 radical (unpaired) electrons. The molecular formula is C46H28BN5. The first-order valence-corrected chi connectivity index (χ1v) is 18.0. The third-order valence-electron chi connectivity index (χ3n) is 11.7. The van der Waals surface area contributed by atoms with E-state index < -0.39 is 0 Å². The highest BCUT2D eigenvalue weighted by Gasteiger charge is 2.45. The Labute approximate surface area is 298 Å². The number of benzene rings is 7. The van der Waals surface area contributed by atoms with E-state index in [1.165, 1.54) is 77.2 Å². The van der Waals surface area contributed by atoms with Gasteiger partial charge in [0.25, 0.3) is 0 Å². The molecule has 52 heavy (non-hydrogen) atoms. The van der Waals surface area contributed by atoms with Gasteiger partial charge in [0, 0.05) is 56.1 Å². The van der Waals surface area contributed by atoms with Crippen molar-refractivity contribution in [2.75, 3.05) is 4.90 Å². The summed E-state index contributed by atoms with van der Waals surface area (Å²) in [5, 5.41) is 4.99. The molecule has 0 N–H and O–H groups in total. The van der Waals surface area contributed by atoms with Crippen molar-refractivity contribution in [2.24, 2.45) is 0 Å². The number of anilines is 3. The average Bonchev–Trinajstić information content (AvgIpc) is 3.85. The van der Waals surface area contributed by atoms with Gasteiger partial charge in [-0.15, -0.1) is 0 Å². The molecule has 0 spiro atoms. The van der Waals surface area contributed by atoms with Crippen LogP contribution in [-0.4, -0.2) is 25.1 Å². The first-order chi connectivity index (χ1) is 25.9. The van der Waals surface area contributed by atoms with Gasteiger partial charge in [-0.25, -0.2) is 4.68 Å². The molecule has 2 aromatic heterocycles. The van der Waals surface area contributed by atoms with Crippen molar-refractivity contribution >= 4 is 84.0 Å². The lowest BCUT2D eigenvalue weighted by molar-refractivity contribution is 0.814. The lowest BCUT2D eigenvalue weighted by Crippen LogP contribution is -2.56. The largest absolute Gasteiger partial charge is 0.382 e. The fraction of sp³-hybridized carbons (Fsp3) is 0. The van der Waals surface area contributed by atoms with Crippen molar-refractivity contribution in [2.45, 2.75) is 0 Å². The summed E-state index contributed by atoms with van der Waals surface area (Å²) < 4.78 is 9.98. The number of hydrogen-bond acceptors (Lipinski definition) is 1. The van der Waals surface area contributed by atoms with E-state index in [1.807, 2.05) is 0 Å². The Bertz CT molecular complexity index is 3250. The average molecular weight is 662 g/mol. The number of hydrogen-bond donors (Lipinski definition) is 0. The maximum absolute atomic E-state index is 2.55. The molecular weight excluding hydrogens is 633 g/mol. The Morgan fingerprint density at radius 1 is 0.481 bits per heavy atom. The second-order valence-corrected chi connectivity index (χ2v) is 14.2. The van der Waals surface area contributed by atoms with Crippen molar-refractivity contribution in [3.8, 4) is 22.5 Å². The fourth-order valence-electron chi connectivity index (χ4n) is 9.84. The second-order valence-electron chi connectivity index (χ2n) is 14.2. The molecule has 6 heteroatoms. The molecule has 6 heterocycles. The minimum absolute atomic E-state index is 0.0220. The van der Waals surface area contributed by atoms with Gasteiger partial charge in [-0.1, -0.05) is 103 Å². The van der Waals surface area contributed by atoms with Crippen LogP contribution in [0.2, 0.25) is 0 Å². The van der Waals surface area contributed by atoms with Crippen LogP contribution in [0.5, 0.6) is 0 Å². The van der Waals surface area contributed by atoms with E-state index >= 15 is 0 Å². The lowest BCUT2D eigenvalue weighted by atomic mass is 9.45. The zero-order valence-electron chi connectivity index (χ0n) is 28.0. The SMILES string of the molecule is c1ccc(N2c3ccccc3B3c4c2c2c5c(c4-c4cccc6ccn3c46)n(-c3ccccc3)c3ccccc3n-5n3ccc4cccc2c43)cc1. The molecule has 5 nitrogen and oxygen atoms in total. The predicted octanol–water partition coefficient (Wildman–Crippen LogP) is 9.79. The molecule has 9 aromatic rings. The van der Waals surface area contributed by atoms with Crippen LogP contribution < -0.4 is 15.8 Å². The van der Waals surface area contributed by atoms with Crippen molar-refractivity contribution in [1.29, 1.82) is 0 Å². The van der Waals surface area contributed by atoms with Gasteiger partial charge in [-0.2, -0.15) is 0 Å². The van der Waals surface area contributed by atoms with Gasteiger partial charge in [-0.3, -0.25) is 4.52 Å². The number of aromatic nitrogens is 4. The molecule has 7 aromatic carbocycles. The van der Waals surface area contributed by atoms with Gasteiger partial charge in [0.15, 0.2) is 0 Å². The predicted molar refractivity (Wildman–Crippen MR) is 216 cm³/mol. The first-order valence-electron chi connectivity index (χ1n) is 18.0.